The minimum Gasteiger partial charge on any atom is -0.368 e. The molecule has 5 nitrogen and oxygen atoms in total. The lowest BCUT2D eigenvalue weighted by molar-refractivity contribution is 0.520. The van der Waals surface area contributed by atoms with Gasteiger partial charge in [-0.15, -0.1) is 0 Å². The molecular formula is C13H21N3O2S. The second kappa shape index (κ2) is 5.46. The molecule has 0 spiro atoms. The van der Waals surface area contributed by atoms with E-state index in [1.165, 1.54) is 37.4 Å². The lowest BCUT2D eigenvalue weighted by atomic mass is 10.1. The molecule has 0 amide bonds. The number of rotatable bonds is 6. The van der Waals surface area contributed by atoms with Crippen LogP contribution in [0, 0.1) is 5.92 Å². The number of sulfonamides is 1. The smallest absolute Gasteiger partial charge is 0.244 e. The second-order valence-electron chi connectivity index (χ2n) is 5.39. The van der Waals surface area contributed by atoms with Crippen LogP contribution in [0.2, 0.25) is 0 Å². The average Bonchev–Trinajstić information content (AvgIpc) is 3.13. The molecule has 0 aliphatic heterocycles. The van der Waals surface area contributed by atoms with Gasteiger partial charge in [-0.3, -0.25) is 0 Å². The van der Waals surface area contributed by atoms with Gasteiger partial charge in [-0.1, -0.05) is 12.8 Å². The standard InChI is InChI=1S/C13H21N3O2S/c1-10(8-11-4-5-11)15-13-7-6-12(9-14-13)19(17,18)16(2)3/h6-7,9-11H,4-5,8H2,1-3H3,(H,14,15). The van der Waals surface area contributed by atoms with Crippen LogP contribution in [0.25, 0.3) is 0 Å². The molecule has 1 unspecified atom stereocenters. The van der Waals surface area contributed by atoms with Crippen LogP contribution in [0.5, 0.6) is 0 Å². The molecule has 0 saturated heterocycles. The van der Waals surface area contributed by atoms with Gasteiger partial charge < -0.3 is 5.32 Å². The quantitative estimate of drug-likeness (QED) is 0.866. The van der Waals surface area contributed by atoms with Crippen molar-refractivity contribution in [3.05, 3.63) is 18.3 Å². The molecular weight excluding hydrogens is 262 g/mol. The highest BCUT2D eigenvalue weighted by Crippen LogP contribution is 2.33. The van der Waals surface area contributed by atoms with Crippen LogP contribution in [-0.2, 0) is 10.0 Å². The van der Waals surface area contributed by atoms with E-state index < -0.39 is 10.0 Å². The fourth-order valence-electron chi connectivity index (χ4n) is 1.99. The normalized spacial score (nSPS) is 17.5. The minimum absolute atomic E-state index is 0.220. The van der Waals surface area contributed by atoms with Gasteiger partial charge >= 0.3 is 0 Å². The zero-order valence-electron chi connectivity index (χ0n) is 11.6. The number of nitrogens with one attached hydrogen (secondary N) is 1. The maximum absolute atomic E-state index is 11.9. The van der Waals surface area contributed by atoms with Gasteiger partial charge in [0.15, 0.2) is 0 Å². The van der Waals surface area contributed by atoms with Crippen LogP contribution in [0.1, 0.15) is 26.2 Å². The van der Waals surface area contributed by atoms with Crippen molar-refractivity contribution in [2.75, 3.05) is 19.4 Å². The van der Waals surface area contributed by atoms with Gasteiger partial charge in [0.05, 0.1) is 0 Å². The van der Waals surface area contributed by atoms with Gasteiger partial charge in [0, 0.05) is 26.3 Å². The Balaban J connectivity index is 2.01. The number of nitrogens with zero attached hydrogens (tertiary/aromatic N) is 2. The molecule has 1 aromatic heterocycles. The average molecular weight is 283 g/mol. The summed E-state index contributed by atoms with van der Waals surface area (Å²) < 4.78 is 25.0. The molecule has 2 rings (SSSR count). The van der Waals surface area contributed by atoms with Crippen LogP contribution in [0.3, 0.4) is 0 Å². The lowest BCUT2D eigenvalue weighted by Crippen LogP contribution is -2.22. The van der Waals surface area contributed by atoms with E-state index in [0.717, 1.165) is 18.2 Å². The van der Waals surface area contributed by atoms with Crippen molar-refractivity contribution < 1.29 is 8.42 Å². The van der Waals surface area contributed by atoms with Crippen LogP contribution in [-0.4, -0.2) is 37.8 Å². The largest absolute Gasteiger partial charge is 0.368 e. The summed E-state index contributed by atoms with van der Waals surface area (Å²) in [7, 11) is -0.362. The Morgan fingerprint density at radius 1 is 1.42 bits per heavy atom. The van der Waals surface area contributed by atoms with E-state index in [-0.39, 0.29) is 4.90 Å². The molecule has 1 aromatic rings. The van der Waals surface area contributed by atoms with E-state index >= 15 is 0 Å². The summed E-state index contributed by atoms with van der Waals surface area (Å²) in [6.07, 6.45) is 5.22. The number of pyridine rings is 1. The van der Waals surface area contributed by atoms with Crippen molar-refractivity contribution in [2.45, 2.75) is 37.1 Å². The first-order valence-electron chi connectivity index (χ1n) is 6.54. The molecule has 0 aromatic carbocycles. The molecule has 19 heavy (non-hydrogen) atoms. The third-order valence-corrected chi connectivity index (χ3v) is 5.09. The van der Waals surface area contributed by atoms with Crippen LogP contribution in [0.4, 0.5) is 5.82 Å². The Kier molecular flexibility index (Phi) is 4.10. The Hall–Kier alpha value is -1.14. The Morgan fingerprint density at radius 2 is 2.11 bits per heavy atom. The van der Waals surface area contributed by atoms with Gasteiger partial charge in [-0.2, -0.15) is 0 Å². The zero-order valence-corrected chi connectivity index (χ0v) is 12.4. The van der Waals surface area contributed by atoms with Crippen molar-refractivity contribution in [3.8, 4) is 0 Å². The maximum Gasteiger partial charge on any atom is 0.244 e. The lowest BCUT2D eigenvalue weighted by Gasteiger charge is -2.15. The van der Waals surface area contributed by atoms with Gasteiger partial charge in [-0.05, 0) is 31.4 Å². The van der Waals surface area contributed by atoms with E-state index in [1.54, 1.807) is 12.1 Å². The van der Waals surface area contributed by atoms with Crippen LogP contribution < -0.4 is 5.32 Å². The third-order valence-electron chi connectivity index (χ3n) is 3.29. The molecule has 1 atom stereocenters. The highest BCUT2D eigenvalue weighted by Gasteiger charge is 2.23. The Labute approximate surface area is 115 Å². The third kappa shape index (κ3) is 3.67. The summed E-state index contributed by atoms with van der Waals surface area (Å²) >= 11 is 0. The SMILES string of the molecule is CC(CC1CC1)Nc1ccc(S(=O)(=O)N(C)C)cn1. The van der Waals surface area contributed by atoms with Gasteiger partial charge in [0.1, 0.15) is 10.7 Å². The van der Waals surface area contributed by atoms with Gasteiger partial charge in [0.2, 0.25) is 10.0 Å². The van der Waals surface area contributed by atoms with Crippen LogP contribution >= 0.6 is 0 Å². The summed E-state index contributed by atoms with van der Waals surface area (Å²) in [5.41, 5.74) is 0. The molecule has 1 saturated carbocycles. The molecule has 1 heterocycles. The zero-order chi connectivity index (χ0) is 14.0. The van der Waals surface area contributed by atoms with Crippen molar-refractivity contribution >= 4 is 15.8 Å². The first kappa shape index (κ1) is 14.3. The predicted molar refractivity (Wildman–Crippen MR) is 75.5 cm³/mol. The van der Waals surface area contributed by atoms with E-state index in [2.05, 4.69) is 17.2 Å². The fraction of sp³-hybridized carbons (Fsp3) is 0.615. The van der Waals surface area contributed by atoms with E-state index in [4.69, 9.17) is 0 Å². The number of hydrogen-bond acceptors (Lipinski definition) is 4. The van der Waals surface area contributed by atoms with Crippen molar-refractivity contribution in [3.63, 3.8) is 0 Å². The summed E-state index contributed by atoms with van der Waals surface area (Å²) in [5.74, 6) is 1.58. The summed E-state index contributed by atoms with van der Waals surface area (Å²) in [6.45, 7) is 2.13. The van der Waals surface area contributed by atoms with Gasteiger partial charge in [-0.25, -0.2) is 17.7 Å². The molecule has 106 valence electrons. The maximum atomic E-state index is 11.9. The summed E-state index contributed by atoms with van der Waals surface area (Å²) in [5, 5.41) is 3.30. The summed E-state index contributed by atoms with van der Waals surface area (Å²) in [4.78, 5) is 4.40. The van der Waals surface area contributed by atoms with Crippen molar-refractivity contribution in [1.29, 1.82) is 0 Å². The predicted octanol–water partition coefficient (Wildman–Crippen LogP) is 1.93. The first-order chi connectivity index (χ1) is 8.89. The molecule has 0 bridgehead atoms. The number of anilines is 1. The first-order valence-corrected chi connectivity index (χ1v) is 7.98. The molecule has 1 N–H and O–H groups in total. The highest BCUT2D eigenvalue weighted by atomic mass is 32.2. The molecule has 1 aliphatic rings. The second-order valence-corrected chi connectivity index (χ2v) is 7.54. The number of aromatic nitrogens is 1. The summed E-state index contributed by atoms with van der Waals surface area (Å²) in [6, 6.07) is 3.69. The molecule has 1 aliphatic carbocycles. The highest BCUT2D eigenvalue weighted by molar-refractivity contribution is 7.89. The Bertz CT molecular complexity index is 521. The van der Waals surface area contributed by atoms with Crippen LogP contribution in [0.15, 0.2) is 23.2 Å². The van der Waals surface area contributed by atoms with Crippen molar-refractivity contribution in [2.24, 2.45) is 5.92 Å². The Morgan fingerprint density at radius 3 is 2.58 bits per heavy atom. The monoisotopic (exact) mass is 283 g/mol. The van der Waals surface area contributed by atoms with E-state index in [9.17, 15) is 8.42 Å². The van der Waals surface area contributed by atoms with Crippen molar-refractivity contribution in [1.82, 2.24) is 9.29 Å². The van der Waals surface area contributed by atoms with E-state index in [0.29, 0.717) is 6.04 Å². The topological polar surface area (TPSA) is 62.3 Å². The number of hydrogen-bond donors (Lipinski definition) is 1. The molecule has 0 radical (unpaired) electrons. The van der Waals surface area contributed by atoms with Gasteiger partial charge in [0.25, 0.3) is 0 Å². The minimum atomic E-state index is -3.39. The fourth-order valence-corrected chi connectivity index (χ4v) is 2.84. The molecule has 1 fully saturated rings. The van der Waals surface area contributed by atoms with E-state index in [1.807, 2.05) is 0 Å². The molecule has 6 heteroatoms.